The maximum absolute atomic E-state index is 10.2. The topological polar surface area (TPSA) is 117 Å². The van der Waals surface area contributed by atoms with Crippen molar-refractivity contribution in [2.75, 3.05) is 11.9 Å². The van der Waals surface area contributed by atoms with Crippen LogP contribution in [0.1, 0.15) is 12.7 Å². The Morgan fingerprint density at radius 2 is 2.16 bits per heavy atom. The first-order chi connectivity index (χ1) is 8.92. The number of anilines is 1. The number of aromatic hydroxyl groups is 1. The number of rotatable bonds is 2. The fraction of sp³-hybridized carbons (Fsp3) is 0.727. The van der Waals surface area contributed by atoms with E-state index in [1.54, 1.807) is 13.8 Å². The fourth-order valence-corrected chi connectivity index (χ4v) is 2.48. The van der Waals surface area contributed by atoms with Crippen LogP contribution in [0.15, 0.2) is 4.52 Å². The number of ether oxygens (including phenoxy) is 2. The summed E-state index contributed by atoms with van der Waals surface area (Å²) in [6.45, 7) is 3.49. The second-order valence-corrected chi connectivity index (χ2v) is 5.15. The highest BCUT2D eigenvalue weighted by Gasteiger charge is 2.56. The number of nitrogens with zero attached hydrogens (tertiary/aromatic N) is 1. The first-order valence-corrected chi connectivity index (χ1v) is 6.00. The van der Waals surface area contributed by atoms with Crippen LogP contribution in [0.4, 0.5) is 5.69 Å². The van der Waals surface area contributed by atoms with Crippen LogP contribution in [0.3, 0.4) is 0 Å². The molecule has 1 aromatic heterocycles. The van der Waals surface area contributed by atoms with Gasteiger partial charge in [-0.25, -0.2) is 0 Å². The summed E-state index contributed by atoms with van der Waals surface area (Å²) in [6, 6.07) is -0.727. The number of nitrogens with one attached hydrogen (secondary N) is 1. The lowest BCUT2D eigenvalue weighted by Crippen LogP contribution is -2.61. The zero-order chi connectivity index (χ0) is 13.8. The third-order valence-corrected chi connectivity index (χ3v) is 3.69. The Balaban J connectivity index is 1.85. The summed E-state index contributed by atoms with van der Waals surface area (Å²) in [6.07, 6.45) is -2.90. The van der Waals surface area contributed by atoms with Crippen molar-refractivity contribution in [3.8, 4) is 5.88 Å². The summed E-state index contributed by atoms with van der Waals surface area (Å²) >= 11 is 0. The molecule has 5 atom stereocenters. The predicted octanol–water partition coefficient (Wildman–Crippen LogP) is -0.664. The Labute approximate surface area is 108 Å². The quantitative estimate of drug-likeness (QED) is 0.560. The van der Waals surface area contributed by atoms with Crippen LogP contribution in [0.25, 0.3) is 0 Å². The molecular weight excluding hydrogens is 256 g/mol. The molecule has 2 fully saturated rings. The molecule has 0 spiro atoms. The molecule has 2 saturated heterocycles. The molecule has 0 aromatic carbocycles. The molecule has 3 heterocycles. The Morgan fingerprint density at radius 3 is 2.79 bits per heavy atom. The monoisotopic (exact) mass is 272 g/mol. The normalized spacial score (nSPS) is 41.5. The molecule has 3 rings (SSSR count). The van der Waals surface area contributed by atoms with Crippen LogP contribution in [0, 0.1) is 6.92 Å². The minimum atomic E-state index is -1.10. The third kappa shape index (κ3) is 1.79. The van der Waals surface area contributed by atoms with E-state index in [-0.39, 0.29) is 18.2 Å². The van der Waals surface area contributed by atoms with Crippen LogP contribution in [0.5, 0.6) is 5.88 Å². The van der Waals surface area contributed by atoms with Gasteiger partial charge in [0.25, 0.3) is 5.88 Å². The van der Waals surface area contributed by atoms with Gasteiger partial charge in [0.15, 0.2) is 12.1 Å². The fourth-order valence-electron chi connectivity index (χ4n) is 2.48. The summed E-state index contributed by atoms with van der Waals surface area (Å²) in [7, 11) is 0. The van der Waals surface area contributed by atoms with E-state index >= 15 is 0 Å². The number of aromatic nitrogens is 1. The van der Waals surface area contributed by atoms with Gasteiger partial charge in [-0.3, -0.25) is 0 Å². The van der Waals surface area contributed by atoms with Gasteiger partial charge in [-0.15, -0.1) is 0 Å². The minimum Gasteiger partial charge on any atom is -0.490 e. The largest absolute Gasteiger partial charge is 0.490 e. The van der Waals surface area contributed by atoms with Crippen molar-refractivity contribution in [1.29, 1.82) is 0 Å². The van der Waals surface area contributed by atoms with Crippen LogP contribution < -0.4 is 5.32 Å². The maximum atomic E-state index is 10.2. The number of aliphatic hydroxyl groups is 2. The van der Waals surface area contributed by atoms with Gasteiger partial charge in [-0.2, -0.15) is 0 Å². The molecule has 8 heteroatoms. The highest BCUT2D eigenvalue weighted by Crippen LogP contribution is 2.38. The molecule has 2 aliphatic heterocycles. The molecule has 0 saturated carbocycles. The van der Waals surface area contributed by atoms with Crippen molar-refractivity contribution >= 4 is 5.69 Å². The van der Waals surface area contributed by atoms with Gasteiger partial charge in [0.1, 0.15) is 29.5 Å². The molecule has 2 unspecified atom stereocenters. The summed E-state index contributed by atoms with van der Waals surface area (Å²) in [5.74, 6) is 0.0519. The second-order valence-electron chi connectivity index (χ2n) is 5.15. The van der Waals surface area contributed by atoms with Gasteiger partial charge in [-0.05, 0) is 19.0 Å². The summed E-state index contributed by atoms with van der Waals surface area (Å²) in [5.41, 5.74) is -0.660. The Kier molecular flexibility index (Phi) is 2.72. The molecule has 0 aliphatic carbocycles. The van der Waals surface area contributed by atoms with Crippen LogP contribution in [0.2, 0.25) is 0 Å². The van der Waals surface area contributed by atoms with Crippen molar-refractivity contribution in [2.24, 2.45) is 0 Å². The van der Waals surface area contributed by atoms with Crippen molar-refractivity contribution in [1.82, 2.24) is 5.16 Å². The first kappa shape index (κ1) is 12.7. The van der Waals surface area contributed by atoms with Gasteiger partial charge < -0.3 is 34.6 Å². The molecular formula is C11H16N2O6. The first-order valence-electron chi connectivity index (χ1n) is 6.00. The number of hydrogen-bond acceptors (Lipinski definition) is 8. The molecule has 106 valence electrons. The predicted molar refractivity (Wildman–Crippen MR) is 61.6 cm³/mol. The standard InChI is InChI=1S/C11H16N2O6/c1-4-5(9(16)13-19-4)12-6-7(14)8(15)11(2)3-17-10(6)18-11/h6-8,10,12,14-15H,3H2,1-2H3,(H,13,16)/t6-,7?,8?,10+,11+/m1/s1. The van der Waals surface area contributed by atoms with Crippen LogP contribution >= 0.6 is 0 Å². The summed E-state index contributed by atoms with van der Waals surface area (Å²) in [5, 5.41) is 36.0. The van der Waals surface area contributed by atoms with E-state index in [2.05, 4.69) is 10.5 Å². The van der Waals surface area contributed by atoms with E-state index in [1.165, 1.54) is 0 Å². The molecule has 0 amide bonds. The highest BCUT2D eigenvalue weighted by atomic mass is 16.7. The van der Waals surface area contributed by atoms with Gasteiger partial charge in [0.2, 0.25) is 0 Å². The van der Waals surface area contributed by atoms with E-state index in [0.29, 0.717) is 5.76 Å². The number of aryl methyl sites for hydroxylation is 1. The Morgan fingerprint density at radius 1 is 1.42 bits per heavy atom. The summed E-state index contributed by atoms with van der Waals surface area (Å²) < 4.78 is 15.8. The SMILES string of the molecule is Cc1onc(O)c1N[C@@H]1C(O)C(O)[C@]2(C)CO[C@H]1O2. The highest BCUT2D eigenvalue weighted by molar-refractivity contribution is 5.55. The van der Waals surface area contributed by atoms with Gasteiger partial charge >= 0.3 is 0 Å². The number of hydrogen-bond donors (Lipinski definition) is 4. The summed E-state index contributed by atoms with van der Waals surface area (Å²) in [4.78, 5) is 0. The van der Waals surface area contributed by atoms with Gasteiger partial charge in [-0.1, -0.05) is 0 Å². The zero-order valence-electron chi connectivity index (χ0n) is 10.5. The number of fused-ring (bicyclic) bond motifs is 2. The Bertz CT molecular complexity index is 472. The van der Waals surface area contributed by atoms with Gasteiger partial charge in [0, 0.05) is 0 Å². The molecule has 0 radical (unpaired) electrons. The van der Waals surface area contributed by atoms with Crippen LogP contribution in [-0.2, 0) is 9.47 Å². The maximum Gasteiger partial charge on any atom is 0.275 e. The average Bonchev–Trinajstić information content (AvgIpc) is 2.88. The van der Waals surface area contributed by atoms with Crippen molar-refractivity contribution < 1.29 is 29.3 Å². The lowest BCUT2D eigenvalue weighted by Gasteiger charge is -2.41. The van der Waals surface area contributed by atoms with E-state index in [1.807, 2.05) is 0 Å². The van der Waals surface area contributed by atoms with E-state index < -0.39 is 30.1 Å². The van der Waals surface area contributed by atoms with Crippen LogP contribution in [-0.4, -0.2) is 57.2 Å². The van der Waals surface area contributed by atoms with E-state index in [4.69, 9.17) is 14.0 Å². The minimum absolute atomic E-state index is 0.197. The molecule has 2 aliphatic rings. The zero-order valence-corrected chi connectivity index (χ0v) is 10.5. The lowest BCUT2D eigenvalue weighted by atomic mass is 9.89. The second kappa shape index (κ2) is 4.07. The van der Waals surface area contributed by atoms with Crippen molar-refractivity contribution in [3.63, 3.8) is 0 Å². The van der Waals surface area contributed by atoms with E-state index in [0.717, 1.165) is 0 Å². The van der Waals surface area contributed by atoms with Crippen molar-refractivity contribution in [3.05, 3.63) is 5.76 Å². The molecule has 4 N–H and O–H groups in total. The third-order valence-electron chi connectivity index (χ3n) is 3.69. The lowest BCUT2D eigenvalue weighted by molar-refractivity contribution is -0.208. The molecule has 8 nitrogen and oxygen atoms in total. The molecule has 19 heavy (non-hydrogen) atoms. The van der Waals surface area contributed by atoms with E-state index in [9.17, 15) is 15.3 Å². The van der Waals surface area contributed by atoms with Crippen molar-refractivity contribution in [2.45, 2.75) is 44.0 Å². The molecule has 1 aromatic rings. The number of aliphatic hydroxyl groups excluding tert-OH is 2. The average molecular weight is 272 g/mol. The molecule has 2 bridgehead atoms. The van der Waals surface area contributed by atoms with Gasteiger partial charge in [0.05, 0.1) is 6.61 Å². The Hall–Kier alpha value is -1.35. The smallest absolute Gasteiger partial charge is 0.275 e.